The van der Waals surface area contributed by atoms with Gasteiger partial charge in [0.1, 0.15) is 0 Å². The lowest BCUT2D eigenvalue weighted by atomic mass is 9.66. The molecule has 0 N–H and O–H groups in total. The Morgan fingerprint density at radius 2 is 1.90 bits per heavy atom. The SMILES string of the molecule is C=C1CCCC(C)(C)C1CCS(=O)(=O)c1ccccc1. The summed E-state index contributed by atoms with van der Waals surface area (Å²) in [5.41, 5.74) is 1.39. The van der Waals surface area contributed by atoms with E-state index < -0.39 is 9.84 Å². The molecule has 0 bridgehead atoms. The number of benzene rings is 1. The minimum atomic E-state index is -3.17. The van der Waals surface area contributed by atoms with Crippen LogP contribution in [0.25, 0.3) is 0 Å². The van der Waals surface area contributed by atoms with Gasteiger partial charge in [0.15, 0.2) is 9.84 Å². The molecule has 110 valence electrons. The first-order valence-electron chi connectivity index (χ1n) is 7.28. The van der Waals surface area contributed by atoms with Crippen molar-refractivity contribution in [3.05, 3.63) is 42.5 Å². The summed E-state index contributed by atoms with van der Waals surface area (Å²) in [7, 11) is -3.17. The molecule has 0 aliphatic heterocycles. The number of sulfone groups is 1. The molecule has 1 aliphatic rings. The van der Waals surface area contributed by atoms with E-state index in [2.05, 4.69) is 20.4 Å². The lowest BCUT2D eigenvalue weighted by molar-refractivity contribution is 0.186. The molecule has 3 heteroatoms. The smallest absolute Gasteiger partial charge is 0.178 e. The highest BCUT2D eigenvalue weighted by Crippen LogP contribution is 2.45. The molecular weight excluding hydrogens is 268 g/mol. The second kappa shape index (κ2) is 5.72. The van der Waals surface area contributed by atoms with E-state index in [-0.39, 0.29) is 11.2 Å². The van der Waals surface area contributed by atoms with Gasteiger partial charge in [-0.15, -0.1) is 0 Å². The van der Waals surface area contributed by atoms with Crippen LogP contribution in [0.5, 0.6) is 0 Å². The Morgan fingerprint density at radius 1 is 1.25 bits per heavy atom. The van der Waals surface area contributed by atoms with Crippen molar-refractivity contribution in [2.45, 2.75) is 44.4 Å². The van der Waals surface area contributed by atoms with Gasteiger partial charge in [0.05, 0.1) is 10.6 Å². The Balaban J connectivity index is 2.10. The topological polar surface area (TPSA) is 34.1 Å². The van der Waals surface area contributed by atoms with E-state index in [0.717, 1.165) is 12.8 Å². The summed E-state index contributed by atoms with van der Waals surface area (Å²) >= 11 is 0. The lowest BCUT2D eigenvalue weighted by Crippen LogP contribution is -2.31. The van der Waals surface area contributed by atoms with Crippen LogP contribution < -0.4 is 0 Å². The van der Waals surface area contributed by atoms with Crippen molar-refractivity contribution in [2.24, 2.45) is 11.3 Å². The number of allylic oxidation sites excluding steroid dienone is 1. The first-order valence-corrected chi connectivity index (χ1v) is 8.94. The van der Waals surface area contributed by atoms with Crippen molar-refractivity contribution in [3.63, 3.8) is 0 Å². The zero-order valence-corrected chi connectivity index (χ0v) is 13.2. The van der Waals surface area contributed by atoms with Crippen molar-refractivity contribution in [1.82, 2.24) is 0 Å². The van der Waals surface area contributed by atoms with Gasteiger partial charge >= 0.3 is 0 Å². The fourth-order valence-corrected chi connectivity index (χ4v) is 4.64. The molecule has 1 unspecified atom stereocenters. The average Bonchev–Trinajstić information content (AvgIpc) is 2.38. The summed E-state index contributed by atoms with van der Waals surface area (Å²) in [6.45, 7) is 8.64. The normalized spacial score (nSPS) is 22.7. The minimum Gasteiger partial charge on any atom is -0.224 e. The molecule has 0 saturated heterocycles. The third-order valence-electron chi connectivity index (χ3n) is 4.53. The van der Waals surface area contributed by atoms with E-state index >= 15 is 0 Å². The van der Waals surface area contributed by atoms with Crippen LogP contribution in [-0.4, -0.2) is 14.2 Å². The van der Waals surface area contributed by atoms with Crippen molar-refractivity contribution in [2.75, 3.05) is 5.75 Å². The Labute approximate surface area is 122 Å². The average molecular weight is 292 g/mol. The predicted molar refractivity (Wildman–Crippen MR) is 83.4 cm³/mol. The summed E-state index contributed by atoms with van der Waals surface area (Å²) in [4.78, 5) is 0.430. The van der Waals surface area contributed by atoms with Crippen LogP contribution in [0.15, 0.2) is 47.4 Å². The molecule has 2 rings (SSSR count). The van der Waals surface area contributed by atoms with E-state index in [0.29, 0.717) is 17.2 Å². The van der Waals surface area contributed by atoms with Crippen molar-refractivity contribution in [3.8, 4) is 0 Å². The van der Waals surface area contributed by atoms with Gasteiger partial charge in [-0.25, -0.2) is 8.42 Å². The van der Waals surface area contributed by atoms with Gasteiger partial charge in [-0.2, -0.15) is 0 Å². The van der Waals surface area contributed by atoms with Crippen LogP contribution in [-0.2, 0) is 9.84 Å². The molecule has 2 nitrogen and oxygen atoms in total. The Kier molecular flexibility index (Phi) is 4.38. The van der Waals surface area contributed by atoms with Gasteiger partial charge < -0.3 is 0 Å². The van der Waals surface area contributed by atoms with Crippen LogP contribution in [0.4, 0.5) is 0 Å². The fraction of sp³-hybridized carbons (Fsp3) is 0.529. The molecule has 1 aromatic rings. The molecule has 0 spiro atoms. The Bertz CT molecular complexity index is 570. The predicted octanol–water partition coefficient (Wildman–Crippen LogP) is 4.23. The zero-order valence-electron chi connectivity index (χ0n) is 12.4. The third kappa shape index (κ3) is 3.32. The van der Waals surface area contributed by atoms with Crippen LogP contribution in [0.3, 0.4) is 0 Å². The summed E-state index contributed by atoms with van der Waals surface area (Å²) in [6.07, 6.45) is 4.05. The number of hydrogen-bond donors (Lipinski definition) is 0. The van der Waals surface area contributed by atoms with Gasteiger partial charge in [0.2, 0.25) is 0 Å². The van der Waals surface area contributed by atoms with E-state index in [1.807, 2.05) is 6.07 Å². The summed E-state index contributed by atoms with van der Waals surface area (Å²) in [5, 5.41) is 0. The Morgan fingerprint density at radius 3 is 2.50 bits per heavy atom. The monoisotopic (exact) mass is 292 g/mol. The fourth-order valence-electron chi connectivity index (χ4n) is 3.29. The molecule has 1 aliphatic carbocycles. The second-order valence-electron chi connectivity index (χ2n) is 6.47. The number of hydrogen-bond acceptors (Lipinski definition) is 2. The van der Waals surface area contributed by atoms with Crippen LogP contribution in [0.1, 0.15) is 39.5 Å². The molecule has 1 saturated carbocycles. The highest BCUT2D eigenvalue weighted by Gasteiger charge is 2.35. The standard InChI is InChI=1S/C17H24O2S/c1-14-8-7-12-17(2,3)16(14)11-13-20(18,19)15-9-5-4-6-10-15/h4-6,9-10,16H,1,7-8,11-13H2,2-3H3. The first kappa shape index (κ1) is 15.3. The lowest BCUT2D eigenvalue weighted by Gasteiger charge is -2.40. The van der Waals surface area contributed by atoms with E-state index in [9.17, 15) is 8.42 Å². The van der Waals surface area contributed by atoms with Gasteiger partial charge in [0.25, 0.3) is 0 Å². The first-order chi connectivity index (χ1) is 9.33. The van der Waals surface area contributed by atoms with Crippen molar-refractivity contribution >= 4 is 9.84 Å². The Hall–Kier alpha value is -1.09. The summed E-state index contributed by atoms with van der Waals surface area (Å²) in [5.74, 6) is 0.527. The third-order valence-corrected chi connectivity index (χ3v) is 6.30. The molecule has 1 aromatic carbocycles. The number of rotatable bonds is 4. The maximum absolute atomic E-state index is 12.4. The maximum atomic E-state index is 12.4. The van der Waals surface area contributed by atoms with Crippen molar-refractivity contribution < 1.29 is 8.42 Å². The van der Waals surface area contributed by atoms with Gasteiger partial charge in [0, 0.05) is 0 Å². The van der Waals surface area contributed by atoms with Crippen LogP contribution in [0.2, 0.25) is 0 Å². The molecule has 0 amide bonds. The summed E-state index contributed by atoms with van der Waals surface area (Å²) < 4.78 is 24.7. The van der Waals surface area contributed by atoms with Gasteiger partial charge in [-0.3, -0.25) is 0 Å². The molecule has 0 heterocycles. The quantitative estimate of drug-likeness (QED) is 0.778. The molecule has 0 aromatic heterocycles. The van der Waals surface area contributed by atoms with E-state index in [1.165, 1.54) is 12.0 Å². The highest BCUT2D eigenvalue weighted by molar-refractivity contribution is 7.91. The maximum Gasteiger partial charge on any atom is 0.178 e. The second-order valence-corrected chi connectivity index (χ2v) is 8.58. The molecule has 20 heavy (non-hydrogen) atoms. The van der Waals surface area contributed by atoms with E-state index in [1.54, 1.807) is 24.3 Å². The molecule has 0 radical (unpaired) electrons. The molecular formula is C17H24O2S. The minimum absolute atomic E-state index is 0.168. The molecule has 1 fully saturated rings. The van der Waals surface area contributed by atoms with Gasteiger partial charge in [-0.1, -0.05) is 44.2 Å². The van der Waals surface area contributed by atoms with Crippen LogP contribution in [0, 0.1) is 11.3 Å². The zero-order chi connectivity index (χ0) is 14.8. The van der Waals surface area contributed by atoms with Crippen LogP contribution >= 0.6 is 0 Å². The van der Waals surface area contributed by atoms with Crippen molar-refractivity contribution in [1.29, 1.82) is 0 Å². The summed E-state index contributed by atoms with van der Waals surface area (Å²) in [6, 6.07) is 8.74. The van der Waals surface area contributed by atoms with E-state index in [4.69, 9.17) is 0 Å². The van der Waals surface area contributed by atoms with Gasteiger partial charge in [-0.05, 0) is 49.1 Å². The molecule has 1 atom stereocenters. The highest BCUT2D eigenvalue weighted by atomic mass is 32.2. The largest absolute Gasteiger partial charge is 0.224 e.